The molecule has 1 aromatic rings. The molecule has 20 heavy (non-hydrogen) atoms. The van der Waals surface area contributed by atoms with Crippen molar-refractivity contribution in [3.63, 3.8) is 0 Å². The first kappa shape index (κ1) is 15.6. The number of carboxylic acids is 1. The molecule has 0 saturated heterocycles. The van der Waals surface area contributed by atoms with Gasteiger partial charge in [0.1, 0.15) is 6.04 Å². The van der Waals surface area contributed by atoms with E-state index in [2.05, 4.69) is 10.6 Å². The molecule has 108 valence electrons. The molecule has 1 aromatic carbocycles. The van der Waals surface area contributed by atoms with Gasteiger partial charge in [0, 0.05) is 31.6 Å². The molecule has 0 saturated carbocycles. The normalized spacial score (nSPS) is 11.7. The zero-order valence-electron chi connectivity index (χ0n) is 10.8. The Labute approximate surface area is 114 Å². The first-order chi connectivity index (χ1) is 9.41. The summed E-state index contributed by atoms with van der Waals surface area (Å²) in [6.07, 6.45) is 0. The van der Waals surface area contributed by atoms with Gasteiger partial charge in [-0.05, 0) is 0 Å². The van der Waals surface area contributed by atoms with E-state index in [1.807, 2.05) is 0 Å². The van der Waals surface area contributed by atoms with Crippen LogP contribution in [0.2, 0.25) is 0 Å². The smallest absolute Gasteiger partial charge is 0.327 e. The van der Waals surface area contributed by atoms with Crippen molar-refractivity contribution in [2.75, 3.05) is 6.54 Å². The largest absolute Gasteiger partial charge is 0.480 e. The van der Waals surface area contributed by atoms with Crippen LogP contribution in [0.5, 0.6) is 0 Å². The highest BCUT2D eigenvalue weighted by atomic mass is 16.6. The molecule has 1 amide bonds. The van der Waals surface area contributed by atoms with E-state index in [0.29, 0.717) is 5.56 Å². The van der Waals surface area contributed by atoms with E-state index in [1.54, 1.807) is 18.2 Å². The highest BCUT2D eigenvalue weighted by Crippen LogP contribution is 2.16. The van der Waals surface area contributed by atoms with E-state index < -0.39 is 22.8 Å². The van der Waals surface area contributed by atoms with E-state index in [4.69, 9.17) is 5.11 Å². The number of nitrogens with one attached hydrogen (secondary N) is 2. The fourth-order valence-corrected chi connectivity index (χ4v) is 1.64. The van der Waals surface area contributed by atoms with Crippen LogP contribution < -0.4 is 10.6 Å². The number of benzene rings is 1. The fourth-order valence-electron chi connectivity index (χ4n) is 1.64. The maximum absolute atomic E-state index is 10.9. The molecule has 0 radical (unpaired) electrons. The van der Waals surface area contributed by atoms with Crippen LogP contribution in [-0.2, 0) is 16.1 Å². The molecule has 0 aliphatic heterocycles. The molecule has 1 rings (SSSR count). The predicted molar refractivity (Wildman–Crippen MR) is 70.0 cm³/mol. The molecular weight excluding hydrogens is 266 g/mol. The molecule has 0 fully saturated rings. The molecule has 0 bridgehead atoms. The van der Waals surface area contributed by atoms with E-state index in [1.165, 1.54) is 13.0 Å². The molecule has 8 nitrogen and oxygen atoms in total. The summed E-state index contributed by atoms with van der Waals surface area (Å²) >= 11 is 0. The summed E-state index contributed by atoms with van der Waals surface area (Å²) in [6, 6.07) is 5.10. The van der Waals surface area contributed by atoms with Crippen LogP contribution in [0.3, 0.4) is 0 Å². The van der Waals surface area contributed by atoms with Gasteiger partial charge in [-0.25, -0.2) is 4.79 Å². The number of hydrogen-bond donors (Lipinski definition) is 3. The predicted octanol–water partition coefficient (Wildman–Crippen LogP) is 0.274. The van der Waals surface area contributed by atoms with Crippen LogP contribution in [-0.4, -0.2) is 34.5 Å². The number of aliphatic carboxylic acids is 1. The fraction of sp³-hybridized carbons (Fsp3) is 0.333. The molecule has 3 N–H and O–H groups in total. The van der Waals surface area contributed by atoms with Crippen molar-refractivity contribution in [3.8, 4) is 0 Å². The summed E-state index contributed by atoms with van der Waals surface area (Å²) in [5, 5.41) is 24.8. The first-order valence-corrected chi connectivity index (χ1v) is 5.84. The van der Waals surface area contributed by atoms with Crippen LogP contribution in [0.1, 0.15) is 12.5 Å². The van der Waals surface area contributed by atoms with Crippen LogP contribution in [0, 0.1) is 10.1 Å². The maximum atomic E-state index is 10.9. The monoisotopic (exact) mass is 281 g/mol. The van der Waals surface area contributed by atoms with Crippen LogP contribution in [0.15, 0.2) is 24.3 Å². The molecule has 0 aliphatic carbocycles. The van der Waals surface area contributed by atoms with Crippen LogP contribution >= 0.6 is 0 Å². The van der Waals surface area contributed by atoms with Crippen LogP contribution in [0.25, 0.3) is 0 Å². The summed E-state index contributed by atoms with van der Waals surface area (Å²) in [6.45, 7) is 1.33. The van der Waals surface area contributed by atoms with Crippen molar-refractivity contribution in [3.05, 3.63) is 39.9 Å². The number of nitro benzene ring substituents is 1. The molecule has 1 atom stereocenters. The third-order valence-electron chi connectivity index (χ3n) is 2.53. The number of hydrogen-bond acceptors (Lipinski definition) is 5. The number of carbonyl (C=O) groups excluding carboxylic acids is 1. The summed E-state index contributed by atoms with van der Waals surface area (Å²) in [4.78, 5) is 32.0. The molecule has 0 spiro atoms. The topological polar surface area (TPSA) is 122 Å². The number of carboxylic acid groups (broad SMARTS) is 1. The van der Waals surface area contributed by atoms with Gasteiger partial charge in [-0.15, -0.1) is 0 Å². The van der Waals surface area contributed by atoms with Crippen molar-refractivity contribution in [1.82, 2.24) is 10.6 Å². The average molecular weight is 281 g/mol. The Hall–Kier alpha value is -2.48. The first-order valence-electron chi connectivity index (χ1n) is 5.84. The number of rotatable bonds is 7. The number of para-hydroxylation sites is 1. The molecule has 8 heteroatoms. The van der Waals surface area contributed by atoms with Gasteiger partial charge in [-0.3, -0.25) is 14.9 Å². The van der Waals surface area contributed by atoms with Crippen molar-refractivity contribution in [1.29, 1.82) is 0 Å². The summed E-state index contributed by atoms with van der Waals surface area (Å²) < 4.78 is 0. The number of carbonyl (C=O) groups is 2. The number of nitro groups is 1. The Balaban J connectivity index is 2.61. The Kier molecular flexibility index (Phi) is 5.60. The lowest BCUT2D eigenvalue weighted by atomic mass is 10.1. The van der Waals surface area contributed by atoms with Gasteiger partial charge in [0.05, 0.1) is 4.92 Å². The van der Waals surface area contributed by atoms with E-state index in [-0.39, 0.29) is 18.8 Å². The van der Waals surface area contributed by atoms with Gasteiger partial charge in [-0.1, -0.05) is 18.2 Å². The Morgan fingerprint density at radius 3 is 2.60 bits per heavy atom. The average Bonchev–Trinajstić information content (AvgIpc) is 2.37. The van der Waals surface area contributed by atoms with Gasteiger partial charge in [0.15, 0.2) is 0 Å². The summed E-state index contributed by atoms with van der Waals surface area (Å²) in [5.74, 6) is -1.62. The zero-order valence-corrected chi connectivity index (χ0v) is 10.8. The Morgan fingerprint density at radius 1 is 1.40 bits per heavy atom. The van der Waals surface area contributed by atoms with Gasteiger partial charge < -0.3 is 15.7 Å². The molecule has 0 aromatic heterocycles. The molecule has 1 unspecified atom stereocenters. The number of amides is 1. The van der Waals surface area contributed by atoms with Gasteiger partial charge >= 0.3 is 5.97 Å². The lowest BCUT2D eigenvalue weighted by Crippen LogP contribution is -2.46. The minimum Gasteiger partial charge on any atom is -0.480 e. The van der Waals surface area contributed by atoms with E-state index in [9.17, 15) is 19.7 Å². The van der Waals surface area contributed by atoms with Gasteiger partial charge in [-0.2, -0.15) is 0 Å². The van der Waals surface area contributed by atoms with E-state index in [0.717, 1.165) is 0 Å². The SMILES string of the molecule is CC(=O)NC(CNCc1ccccc1[N+](=O)[O-])C(=O)O. The van der Waals surface area contributed by atoms with Crippen molar-refractivity contribution >= 4 is 17.6 Å². The van der Waals surface area contributed by atoms with Crippen LogP contribution in [0.4, 0.5) is 5.69 Å². The molecular formula is C12H15N3O5. The molecule has 0 heterocycles. The maximum Gasteiger partial charge on any atom is 0.327 e. The van der Waals surface area contributed by atoms with Crippen molar-refractivity contribution < 1.29 is 19.6 Å². The zero-order chi connectivity index (χ0) is 15.1. The van der Waals surface area contributed by atoms with Gasteiger partial charge in [0.25, 0.3) is 5.69 Å². The highest BCUT2D eigenvalue weighted by molar-refractivity contribution is 5.82. The third kappa shape index (κ3) is 4.65. The Bertz CT molecular complexity index is 518. The second kappa shape index (κ2) is 7.19. The van der Waals surface area contributed by atoms with Crippen molar-refractivity contribution in [2.24, 2.45) is 0 Å². The quantitative estimate of drug-likeness (QED) is 0.487. The standard InChI is InChI=1S/C12H15N3O5/c1-8(16)14-10(12(17)18)7-13-6-9-4-2-3-5-11(9)15(19)20/h2-5,10,13H,6-7H2,1H3,(H,14,16)(H,17,18). The molecule has 0 aliphatic rings. The lowest BCUT2D eigenvalue weighted by molar-refractivity contribution is -0.385. The highest BCUT2D eigenvalue weighted by Gasteiger charge is 2.18. The summed E-state index contributed by atoms with van der Waals surface area (Å²) in [5.41, 5.74) is 0.413. The summed E-state index contributed by atoms with van der Waals surface area (Å²) in [7, 11) is 0. The van der Waals surface area contributed by atoms with Gasteiger partial charge in [0.2, 0.25) is 5.91 Å². The minimum absolute atomic E-state index is 0.0268. The number of nitrogens with zero attached hydrogens (tertiary/aromatic N) is 1. The minimum atomic E-state index is -1.17. The lowest BCUT2D eigenvalue weighted by Gasteiger charge is -2.14. The van der Waals surface area contributed by atoms with Crippen molar-refractivity contribution in [2.45, 2.75) is 19.5 Å². The van der Waals surface area contributed by atoms with E-state index >= 15 is 0 Å². The second-order valence-corrected chi connectivity index (χ2v) is 4.11. The Morgan fingerprint density at radius 2 is 2.05 bits per heavy atom. The second-order valence-electron chi connectivity index (χ2n) is 4.11. The third-order valence-corrected chi connectivity index (χ3v) is 2.53.